The largest absolute Gasteiger partial charge is 0.481 e. The van der Waals surface area contributed by atoms with E-state index in [0.717, 1.165) is 6.54 Å². The van der Waals surface area contributed by atoms with Crippen LogP contribution in [0, 0.1) is 5.41 Å². The first-order chi connectivity index (χ1) is 11.4. The van der Waals surface area contributed by atoms with Gasteiger partial charge in [-0.3, -0.25) is 4.79 Å². The standard InChI is InChI=1S/C9H16N2.C9H10O4/c1-2-3-4-5-7-11-8-6-10-9-11;1-9(8(12)13)4-2-3-6(5-9)7(10)11/h6,8-9H,2-5,7H2,1H3;2-4H,5H2,1H3,(H,10,11)(H,12,13). The Morgan fingerprint density at radius 2 is 2.04 bits per heavy atom. The summed E-state index contributed by atoms with van der Waals surface area (Å²) in [7, 11) is 0. The Balaban J connectivity index is 0.000000243. The second-order valence-corrected chi connectivity index (χ2v) is 6.12. The van der Waals surface area contributed by atoms with Crippen LogP contribution in [0.25, 0.3) is 0 Å². The maximum atomic E-state index is 10.8. The molecular formula is C18H26N2O4. The number of nitrogens with zero attached hydrogens (tertiary/aromatic N) is 2. The molecule has 0 spiro atoms. The zero-order valence-electron chi connectivity index (χ0n) is 14.3. The van der Waals surface area contributed by atoms with Crippen molar-refractivity contribution >= 4 is 11.9 Å². The van der Waals surface area contributed by atoms with Crippen molar-refractivity contribution in [2.24, 2.45) is 5.41 Å². The minimum atomic E-state index is -1.08. The number of rotatable bonds is 7. The highest BCUT2D eigenvalue weighted by molar-refractivity contribution is 5.90. The molecule has 2 rings (SSSR count). The minimum absolute atomic E-state index is 0.0359. The number of aryl methyl sites for hydroxylation is 1. The predicted octanol–water partition coefficient (Wildman–Crippen LogP) is 3.51. The van der Waals surface area contributed by atoms with Crippen LogP contribution in [-0.4, -0.2) is 31.7 Å². The van der Waals surface area contributed by atoms with Crippen LogP contribution < -0.4 is 0 Å². The molecule has 2 N–H and O–H groups in total. The SMILES string of the molecule is CC1(C(=O)O)C=CC=C(C(=O)O)C1.CCCCCCn1ccnc1. The Labute approximate surface area is 142 Å². The molecular weight excluding hydrogens is 308 g/mol. The van der Waals surface area contributed by atoms with Crippen LogP contribution in [0.15, 0.2) is 42.5 Å². The number of carbonyl (C=O) groups is 2. The zero-order valence-corrected chi connectivity index (χ0v) is 14.3. The molecule has 1 aromatic rings. The third kappa shape index (κ3) is 6.40. The maximum absolute atomic E-state index is 10.8. The summed E-state index contributed by atoms with van der Waals surface area (Å²) in [5.41, 5.74) is -0.949. The van der Waals surface area contributed by atoms with Crippen LogP contribution in [0.2, 0.25) is 0 Å². The summed E-state index contributed by atoms with van der Waals surface area (Å²) in [6.45, 7) is 4.86. The Morgan fingerprint density at radius 1 is 1.29 bits per heavy atom. The number of carboxylic acids is 2. The monoisotopic (exact) mass is 334 g/mol. The van der Waals surface area contributed by atoms with Crippen LogP contribution in [0.1, 0.15) is 46.0 Å². The molecule has 0 saturated carbocycles. The number of aliphatic carboxylic acids is 2. The van der Waals surface area contributed by atoms with Gasteiger partial charge < -0.3 is 14.8 Å². The molecule has 24 heavy (non-hydrogen) atoms. The molecule has 1 atom stereocenters. The first kappa shape index (κ1) is 19.7. The van der Waals surface area contributed by atoms with Gasteiger partial charge in [-0.2, -0.15) is 0 Å². The van der Waals surface area contributed by atoms with Gasteiger partial charge in [0.25, 0.3) is 0 Å². The molecule has 1 aliphatic carbocycles. The molecule has 0 amide bonds. The van der Waals surface area contributed by atoms with Gasteiger partial charge in [0.15, 0.2) is 0 Å². The van der Waals surface area contributed by atoms with E-state index in [0.29, 0.717) is 0 Å². The van der Waals surface area contributed by atoms with E-state index in [9.17, 15) is 9.59 Å². The number of carboxylic acid groups (broad SMARTS) is 2. The van der Waals surface area contributed by atoms with Crippen molar-refractivity contribution < 1.29 is 19.8 Å². The molecule has 6 heteroatoms. The third-order valence-corrected chi connectivity index (χ3v) is 3.91. The predicted molar refractivity (Wildman–Crippen MR) is 91.6 cm³/mol. The fourth-order valence-electron chi connectivity index (χ4n) is 2.32. The molecule has 1 unspecified atom stereocenters. The van der Waals surface area contributed by atoms with Crippen molar-refractivity contribution in [3.05, 3.63) is 42.5 Å². The van der Waals surface area contributed by atoms with Crippen molar-refractivity contribution in [2.75, 3.05) is 0 Å². The lowest BCUT2D eigenvalue weighted by atomic mass is 9.80. The average molecular weight is 334 g/mol. The normalized spacial score (nSPS) is 19.2. The van der Waals surface area contributed by atoms with Crippen LogP contribution in [0.4, 0.5) is 0 Å². The van der Waals surface area contributed by atoms with E-state index in [1.54, 1.807) is 0 Å². The summed E-state index contributed by atoms with van der Waals surface area (Å²) in [6, 6.07) is 0. The quantitative estimate of drug-likeness (QED) is 0.744. The molecule has 1 heterocycles. The van der Waals surface area contributed by atoms with Crippen LogP contribution in [0.5, 0.6) is 0 Å². The Kier molecular flexibility index (Phi) is 7.95. The van der Waals surface area contributed by atoms with Gasteiger partial charge in [0.2, 0.25) is 0 Å². The number of hydrogen-bond acceptors (Lipinski definition) is 3. The minimum Gasteiger partial charge on any atom is -0.481 e. The summed E-state index contributed by atoms with van der Waals surface area (Å²) in [5.74, 6) is -2.06. The number of hydrogen-bond donors (Lipinski definition) is 2. The van der Waals surface area contributed by atoms with Crippen molar-refractivity contribution in [1.82, 2.24) is 9.55 Å². The van der Waals surface area contributed by atoms with Gasteiger partial charge in [-0.05, 0) is 19.8 Å². The second kappa shape index (κ2) is 9.70. The van der Waals surface area contributed by atoms with Crippen LogP contribution in [0.3, 0.4) is 0 Å². The summed E-state index contributed by atoms with van der Waals surface area (Å²) in [6.07, 6.45) is 15.5. The Hall–Kier alpha value is -2.37. The smallest absolute Gasteiger partial charge is 0.331 e. The highest BCUT2D eigenvalue weighted by Crippen LogP contribution is 2.31. The summed E-state index contributed by atoms with van der Waals surface area (Å²) in [5, 5.41) is 17.5. The van der Waals surface area contributed by atoms with Gasteiger partial charge >= 0.3 is 11.9 Å². The number of aromatic nitrogens is 2. The fourth-order valence-corrected chi connectivity index (χ4v) is 2.32. The first-order valence-electron chi connectivity index (χ1n) is 8.20. The number of unbranched alkanes of at least 4 members (excludes halogenated alkanes) is 3. The van der Waals surface area contributed by atoms with Gasteiger partial charge in [0.1, 0.15) is 0 Å². The third-order valence-electron chi connectivity index (χ3n) is 3.91. The average Bonchev–Trinajstić information content (AvgIpc) is 3.05. The van der Waals surface area contributed by atoms with Gasteiger partial charge in [0.05, 0.1) is 11.7 Å². The number of imidazole rings is 1. The molecule has 1 aliphatic rings. The molecule has 0 fully saturated rings. The van der Waals surface area contributed by atoms with Gasteiger partial charge in [-0.25, -0.2) is 9.78 Å². The van der Waals surface area contributed by atoms with E-state index in [1.165, 1.54) is 50.8 Å². The summed E-state index contributed by atoms with van der Waals surface area (Å²) < 4.78 is 2.13. The molecule has 1 aromatic heterocycles. The molecule has 0 saturated heterocycles. The molecule has 0 aromatic carbocycles. The molecule has 0 bridgehead atoms. The van der Waals surface area contributed by atoms with Crippen LogP contribution >= 0.6 is 0 Å². The summed E-state index contributed by atoms with van der Waals surface area (Å²) in [4.78, 5) is 25.3. The number of allylic oxidation sites excluding steroid dienone is 2. The lowest BCUT2D eigenvalue weighted by molar-refractivity contribution is -0.145. The van der Waals surface area contributed by atoms with E-state index in [-0.39, 0.29) is 12.0 Å². The Bertz CT molecular complexity index is 590. The lowest BCUT2D eigenvalue weighted by Gasteiger charge is -2.23. The highest BCUT2D eigenvalue weighted by Gasteiger charge is 2.34. The van der Waals surface area contributed by atoms with E-state index in [1.807, 2.05) is 18.7 Å². The maximum Gasteiger partial charge on any atom is 0.331 e. The van der Waals surface area contributed by atoms with Crippen molar-refractivity contribution in [3.8, 4) is 0 Å². The molecule has 132 valence electrons. The van der Waals surface area contributed by atoms with Gasteiger partial charge in [-0.1, -0.05) is 44.4 Å². The lowest BCUT2D eigenvalue weighted by Crippen LogP contribution is -2.28. The fraction of sp³-hybridized carbons (Fsp3) is 0.500. The second-order valence-electron chi connectivity index (χ2n) is 6.12. The van der Waals surface area contributed by atoms with Crippen molar-refractivity contribution in [1.29, 1.82) is 0 Å². The van der Waals surface area contributed by atoms with Gasteiger partial charge in [-0.15, -0.1) is 0 Å². The first-order valence-corrected chi connectivity index (χ1v) is 8.20. The highest BCUT2D eigenvalue weighted by atomic mass is 16.4. The van der Waals surface area contributed by atoms with E-state index in [4.69, 9.17) is 10.2 Å². The van der Waals surface area contributed by atoms with Crippen LogP contribution in [-0.2, 0) is 16.1 Å². The van der Waals surface area contributed by atoms with Gasteiger partial charge in [0, 0.05) is 24.5 Å². The van der Waals surface area contributed by atoms with E-state index in [2.05, 4.69) is 16.5 Å². The topological polar surface area (TPSA) is 92.4 Å². The molecule has 0 aliphatic heterocycles. The van der Waals surface area contributed by atoms with Crippen molar-refractivity contribution in [3.63, 3.8) is 0 Å². The molecule has 0 radical (unpaired) electrons. The van der Waals surface area contributed by atoms with E-state index >= 15 is 0 Å². The van der Waals surface area contributed by atoms with Crippen molar-refractivity contribution in [2.45, 2.75) is 52.5 Å². The summed E-state index contributed by atoms with van der Waals surface area (Å²) >= 11 is 0. The zero-order chi connectivity index (χ0) is 18.0. The molecule has 6 nitrogen and oxygen atoms in total. The Morgan fingerprint density at radius 3 is 2.58 bits per heavy atom. The van der Waals surface area contributed by atoms with E-state index < -0.39 is 17.4 Å².